The van der Waals surface area contributed by atoms with Crippen molar-refractivity contribution in [2.24, 2.45) is 0 Å². The predicted molar refractivity (Wildman–Crippen MR) is 118 cm³/mol. The molecule has 0 radical (unpaired) electrons. The van der Waals surface area contributed by atoms with E-state index in [0.717, 1.165) is 52.7 Å². The number of nitrogens with zero attached hydrogens (tertiary/aromatic N) is 3. The number of fused-ring (bicyclic) bond motifs is 1. The summed E-state index contributed by atoms with van der Waals surface area (Å²) in [7, 11) is 0. The molecule has 0 amide bonds. The Kier molecular flexibility index (Phi) is 4.84. The average Bonchev–Trinajstić information content (AvgIpc) is 3.53. The van der Waals surface area contributed by atoms with Crippen LogP contribution in [0.25, 0.3) is 16.8 Å². The van der Waals surface area contributed by atoms with Gasteiger partial charge in [0.05, 0.1) is 11.3 Å². The first kappa shape index (κ1) is 19.0. The molecule has 1 aliphatic carbocycles. The molecule has 30 heavy (non-hydrogen) atoms. The van der Waals surface area contributed by atoms with Gasteiger partial charge in [0, 0.05) is 28.9 Å². The fraction of sp³-hybridized carbons (Fsp3) is 0.333. The van der Waals surface area contributed by atoms with Gasteiger partial charge in [-0.3, -0.25) is 0 Å². The molecule has 6 heteroatoms. The van der Waals surface area contributed by atoms with Crippen LogP contribution in [0.1, 0.15) is 47.6 Å². The number of allylic oxidation sites excluding steroid dienone is 2. The number of aryl methyl sites for hydroxylation is 1. The van der Waals surface area contributed by atoms with Crippen LogP contribution in [0.15, 0.2) is 35.2 Å². The van der Waals surface area contributed by atoms with Gasteiger partial charge in [0.25, 0.3) is 0 Å². The molecule has 1 aromatic carbocycles. The van der Waals surface area contributed by atoms with Crippen LogP contribution in [0.5, 0.6) is 11.5 Å². The number of hydrogen-bond donors (Lipinski definition) is 0. The maximum Gasteiger partial charge on any atom is 0.231 e. The Labute approximate surface area is 180 Å². The Balaban J connectivity index is 1.45. The first-order valence-corrected chi connectivity index (χ1v) is 11.2. The lowest BCUT2D eigenvalue weighted by atomic mass is 10.1. The van der Waals surface area contributed by atoms with E-state index in [1.54, 1.807) is 11.3 Å². The van der Waals surface area contributed by atoms with E-state index in [4.69, 9.17) is 14.5 Å². The highest BCUT2D eigenvalue weighted by Gasteiger charge is 2.20. The summed E-state index contributed by atoms with van der Waals surface area (Å²) in [4.78, 5) is 4.85. The molecular formula is C24H23N3O2S. The molecule has 1 saturated carbocycles. The minimum Gasteiger partial charge on any atom is -0.454 e. The molecule has 3 aromatic rings. The van der Waals surface area contributed by atoms with E-state index >= 15 is 0 Å². The van der Waals surface area contributed by atoms with Gasteiger partial charge in [0.2, 0.25) is 6.79 Å². The second-order valence-corrected chi connectivity index (χ2v) is 8.75. The monoisotopic (exact) mass is 417 g/mol. The molecule has 2 aliphatic rings. The third kappa shape index (κ3) is 3.29. The molecule has 0 N–H and O–H groups in total. The lowest BCUT2D eigenvalue weighted by molar-refractivity contribution is 0.174. The summed E-state index contributed by atoms with van der Waals surface area (Å²) in [6.07, 6.45) is 4.42. The SMILES string of the molecule is Cc1cc(-c2csc(C(C#N)=C3CCCC3)n2)c(C)n1Cc1ccc2c(c1)OCO2. The molecule has 0 atom stereocenters. The fourth-order valence-electron chi connectivity index (χ4n) is 4.37. The Morgan fingerprint density at radius 3 is 2.77 bits per heavy atom. The topological polar surface area (TPSA) is 60.1 Å². The predicted octanol–water partition coefficient (Wildman–Crippen LogP) is 5.86. The van der Waals surface area contributed by atoms with E-state index < -0.39 is 0 Å². The van der Waals surface area contributed by atoms with Crippen LogP contribution in [0.2, 0.25) is 0 Å². The average molecular weight is 418 g/mol. The Hall–Kier alpha value is -3.04. The van der Waals surface area contributed by atoms with Gasteiger partial charge in [-0.1, -0.05) is 6.07 Å². The minimum atomic E-state index is 0.289. The van der Waals surface area contributed by atoms with Crippen LogP contribution < -0.4 is 9.47 Å². The van der Waals surface area contributed by atoms with Crippen molar-refractivity contribution < 1.29 is 9.47 Å². The number of thiazole rings is 1. The molecule has 5 rings (SSSR count). The third-order valence-corrected chi connectivity index (χ3v) is 6.88. The maximum atomic E-state index is 9.69. The van der Waals surface area contributed by atoms with E-state index in [0.29, 0.717) is 0 Å². The van der Waals surface area contributed by atoms with Gasteiger partial charge >= 0.3 is 0 Å². The summed E-state index contributed by atoms with van der Waals surface area (Å²) < 4.78 is 13.2. The Morgan fingerprint density at radius 1 is 1.17 bits per heavy atom. The molecule has 0 bridgehead atoms. The lowest BCUT2D eigenvalue weighted by Gasteiger charge is -2.10. The van der Waals surface area contributed by atoms with E-state index in [1.165, 1.54) is 35.4 Å². The summed E-state index contributed by atoms with van der Waals surface area (Å²) in [5, 5.41) is 12.6. The molecule has 5 nitrogen and oxygen atoms in total. The number of aromatic nitrogens is 2. The van der Waals surface area contributed by atoms with Gasteiger partial charge in [0.1, 0.15) is 11.1 Å². The van der Waals surface area contributed by atoms with Crippen LogP contribution >= 0.6 is 11.3 Å². The van der Waals surface area contributed by atoms with E-state index in [1.807, 2.05) is 6.07 Å². The maximum absolute atomic E-state index is 9.69. The van der Waals surface area contributed by atoms with Crippen LogP contribution in [0.3, 0.4) is 0 Å². The van der Waals surface area contributed by atoms with E-state index in [-0.39, 0.29) is 6.79 Å². The van der Waals surface area contributed by atoms with E-state index in [9.17, 15) is 5.26 Å². The Bertz CT molecular complexity index is 1190. The standard InChI is InChI=1S/C24H23N3O2S/c1-15-9-19(21-13-30-24(26-21)20(11-25)18-5-3-4-6-18)16(2)27(15)12-17-7-8-22-23(10-17)29-14-28-22/h7-10,13H,3-6,12,14H2,1-2H3. The summed E-state index contributed by atoms with van der Waals surface area (Å²) >= 11 is 1.57. The lowest BCUT2D eigenvalue weighted by Crippen LogP contribution is -2.04. The second-order valence-electron chi connectivity index (χ2n) is 7.89. The molecule has 1 aliphatic heterocycles. The van der Waals surface area contributed by atoms with Crippen molar-refractivity contribution in [1.29, 1.82) is 5.26 Å². The zero-order valence-electron chi connectivity index (χ0n) is 17.2. The van der Waals surface area contributed by atoms with Gasteiger partial charge in [-0.2, -0.15) is 5.26 Å². The highest BCUT2D eigenvalue weighted by Crippen LogP contribution is 2.36. The summed E-state index contributed by atoms with van der Waals surface area (Å²) in [5.41, 5.74) is 7.67. The number of hydrogen-bond acceptors (Lipinski definition) is 5. The zero-order chi connectivity index (χ0) is 20.7. The van der Waals surface area contributed by atoms with Crippen LogP contribution in [0, 0.1) is 25.2 Å². The van der Waals surface area contributed by atoms with Gasteiger partial charge < -0.3 is 14.0 Å². The summed E-state index contributed by atoms with van der Waals surface area (Å²) in [6.45, 7) is 5.31. The van der Waals surface area contributed by atoms with Gasteiger partial charge in [0.15, 0.2) is 11.5 Å². The molecule has 3 heterocycles. The quantitative estimate of drug-likeness (QED) is 0.499. The van der Waals surface area contributed by atoms with Crippen molar-refractivity contribution in [1.82, 2.24) is 9.55 Å². The number of ether oxygens (including phenoxy) is 2. The van der Waals surface area contributed by atoms with Crippen LogP contribution in [0.4, 0.5) is 0 Å². The highest BCUT2D eigenvalue weighted by molar-refractivity contribution is 7.11. The zero-order valence-corrected chi connectivity index (χ0v) is 18.0. The molecular weight excluding hydrogens is 394 g/mol. The van der Waals surface area contributed by atoms with Crippen LogP contribution in [-0.4, -0.2) is 16.3 Å². The smallest absolute Gasteiger partial charge is 0.231 e. The number of benzene rings is 1. The van der Waals surface area contributed by atoms with Crippen molar-refractivity contribution >= 4 is 16.9 Å². The molecule has 0 saturated heterocycles. The minimum absolute atomic E-state index is 0.289. The van der Waals surface area contributed by atoms with Crippen molar-refractivity contribution in [2.75, 3.05) is 6.79 Å². The second kappa shape index (κ2) is 7.66. The Morgan fingerprint density at radius 2 is 1.97 bits per heavy atom. The first-order valence-electron chi connectivity index (χ1n) is 10.3. The van der Waals surface area contributed by atoms with Crippen molar-refractivity contribution in [3.63, 3.8) is 0 Å². The molecule has 2 aromatic heterocycles. The van der Waals surface area contributed by atoms with Crippen LogP contribution in [-0.2, 0) is 6.54 Å². The number of rotatable bonds is 4. The third-order valence-electron chi connectivity index (χ3n) is 6.02. The van der Waals surface area contributed by atoms with Gasteiger partial charge in [-0.15, -0.1) is 11.3 Å². The molecule has 1 fully saturated rings. The van der Waals surface area contributed by atoms with Gasteiger partial charge in [-0.25, -0.2) is 4.98 Å². The van der Waals surface area contributed by atoms with Crippen molar-refractivity contribution in [3.05, 3.63) is 57.2 Å². The number of nitriles is 1. The highest BCUT2D eigenvalue weighted by atomic mass is 32.1. The van der Waals surface area contributed by atoms with Gasteiger partial charge in [-0.05, 0) is 68.9 Å². The summed E-state index contributed by atoms with van der Waals surface area (Å²) in [5.74, 6) is 1.61. The van der Waals surface area contributed by atoms with Crippen molar-refractivity contribution in [3.8, 4) is 28.8 Å². The molecule has 152 valence electrons. The van der Waals surface area contributed by atoms with Crippen molar-refractivity contribution in [2.45, 2.75) is 46.1 Å². The fourth-order valence-corrected chi connectivity index (χ4v) is 5.23. The largest absolute Gasteiger partial charge is 0.454 e. The molecule has 0 unspecified atom stereocenters. The summed E-state index contributed by atoms with van der Waals surface area (Å²) in [6, 6.07) is 10.7. The molecule has 0 spiro atoms. The normalized spacial score (nSPS) is 14.9. The van der Waals surface area contributed by atoms with E-state index in [2.05, 4.69) is 48.1 Å². The first-order chi connectivity index (χ1) is 14.6.